The second-order valence-corrected chi connectivity index (χ2v) is 19.1. The molecule has 1 heterocycles. The number of fused-ring (bicyclic) bond motifs is 1. The molecule has 6 heteroatoms. The summed E-state index contributed by atoms with van der Waals surface area (Å²) in [6.07, 6.45) is 27.8. The van der Waals surface area contributed by atoms with Crippen LogP contribution in [-0.2, 0) is 25.5 Å². The van der Waals surface area contributed by atoms with Gasteiger partial charge in [0.05, 0.1) is 0 Å². The molecule has 3 rings (SSSR count). The maximum absolute atomic E-state index is 12.9. The minimum atomic E-state index is -0.348. The first kappa shape index (κ1) is 48.7. The van der Waals surface area contributed by atoms with E-state index >= 15 is 0 Å². The molecule has 1 aliphatic heterocycles. The quantitative estimate of drug-likeness (QED) is 0.0361. The number of allylic oxidation sites excluding steroid dienone is 9. The molecule has 0 aromatic heterocycles. The van der Waals surface area contributed by atoms with Crippen molar-refractivity contribution in [1.82, 2.24) is 0 Å². The number of benzene rings is 1. The molecule has 2 aliphatic rings. The summed E-state index contributed by atoms with van der Waals surface area (Å²) in [6, 6.07) is 3.85. The number of aldehydes is 1. The second-order valence-electron chi connectivity index (χ2n) is 19.1. The summed E-state index contributed by atoms with van der Waals surface area (Å²) < 4.78 is 18.4. The van der Waals surface area contributed by atoms with Crippen LogP contribution >= 0.6 is 0 Å². The summed E-state index contributed by atoms with van der Waals surface area (Å²) in [5, 5.41) is 0. The summed E-state index contributed by atoms with van der Waals surface area (Å²) in [6.45, 7) is 24.2. The third-order valence-corrected chi connectivity index (χ3v) is 12.4. The van der Waals surface area contributed by atoms with Crippen LogP contribution in [0.1, 0.15) is 177 Å². The fourth-order valence-corrected chi connectivity index (χ4v) is 8.49. The lowest BCUT2D eigenvalue weighted by atomic mass is 9.71. The van der Waals surface area contributed by atoms with Crippen LogP contribution in [0.3, 0.4) is 0 Å². The first-order chi connectivity index (χ1) is 27.4. The molecule has 58 heavy (non-hydrogen) atoms. The molecule has 0 spiro atoms. The molecule has 1 aromatic carbocycles. The Bertz CT molecular complexity index is 1670. The van der Waals surface area contributed by atoms with Crippen molar-refractivity contribution in [3.05, 3.63) is 82.0 Å². The lowest BCUT2D eigenvalue weighted by Crippen LogP contribution is -2.36. The number of ether oxygens (including phenoxy) is 3. The molecular formula is C52H78O6. The van der Waals surface area contributed by atoms with Crippen molar-refractivity contribution in [1.29, 1.82) is 0 Å². The highest BCUT2D eigenvalue weighted by Gasteiger charge is 2.34. The van der Waals surface area contributed by atoms with Crippen molar-refractivity contribution in [2.24, 2.45) is 23.2 Å². The Kier molecular flexibility index (Phi) is 20.0. The molecule has 4 atom stereocenters. The van der Waals surface area contributed by atoms with Gasteiger partial charge < -0.3 is 14.2 Å². The van der Waals surface area contributed by atoms with Crippen molar-refractivity contribution in [3.8, 4) is 11.5 Å². The predicted octanol–water partition coefficient (Wildman–Crippen LogP) is 13.8. The first-order valence-electron chi connectivity index (χ1n) is 22.5. The zero-order valence-electron chi connectivity index (χ0n) is 38.3. The van der Waals surface area contributed by atoms with Crippen LogP contribution in [0.25, 0.3) is 0 Å². The van der Waals surface area contributed by atoms with Crippen LogP contribution in [0, 0.1) is 30.1 Å². The third kappa shape index (κ3) is 16.9. The average molecular weight is 799 g/mol. The molecule has 1 unspecified atom stereocenters. The van der Waals surface area contributed by atoms with Gasteiger partial charge in [0, 0.05) is 12.8 Å². The lowest BCUT2D eigenvalue weighted by molar-refractivity contribution is -0.148. The Morgan fingerprint density at radius 3 is 2.14 bits per heavy atom. The lowest BCUT2D eigenvalue weighted by Gasteiger charge is -2.37. The smallest absolute Gasteiger partial charge is 0.311 e. The monoisotopic (exact) mass is 799 g/mol. The van der Waals surface area contributed by atoms with Crippen LogP contribution in [0.4, 0.5) is 0 Å². The summed E-state index contributed by atoms with van der Waals surface area (Å²) >= 11 is 0. The van der Waals surface area contributed by atoms with Gasteiger partial charge in [0.2, 0.25) is 0 Å². The summed E-state index contributed by atoms with van der Waals surface area (Å²) in [4.78, 5) is 36.5. The molecule has 0 N–H and O–H groups in total. The Morgan fingerprint density at radius 2 is 1.47 bits per heavy atom. The number of rotatable bonds is 23. The number of hydrogen-bond donors (Lipinski definition) is 0. The van der Waals surface area contributed by atoms with E-state index in [0.717, 1.165) is 89.7 Å². The minimum Gasteiger partial charge on any atom is -0.487 e. The molecule has 1 aromatic rings. The number of esters is 2. The maximum atomic E-state index is 12.9. The Balaban J connectivity index is 1.43. The molecule has 0 fully saturated rings. The van der Waals surface area contributed by atoms with E-state index in [2.05, 4.69) is 67.5 Å². The zero-order chi connectivity index (χ0) is 42.9. The highest BCUT2D eigenvalue weighted by molar-refractivity contribution is 5.74. The van der Waals surface area contributed by atoms with Crippen molar-refractivity contribution in [2.75, 3.05) is 0 Å². The molecule has 322 valence electrons. The van der Waals surface area contributed by atoms with Gasteiger partial charge >= 0.3 is 11.9 Å². The number of hydrogen-bond acceptors (Lipinski definition) is 6. The van der Waals surface area contributed by atoms with Gasteiger partial charge in [0.1, 0.15) is 29.5 Å². The van der Waals surface area contributed by atoms with Crippen molar-refractivity contribution >= 4 is 18.2 Å². The third-order valence-electron chi connectivity index (χ3n) is 12.4. The van der Waals surface area contributed by atoms with Crippen LogP contribution < -0.4 is 9.47 Å². The largest absolute Gasteiger partial charge is 0.487 e. The Morgan fingerprint density at radius 1 is 0.828 bits per heavy atom. The fraction of sp³-hybridized carbons (Fsp3) is 0.635. The van der Waals surface area contributed by atoms with Gasteiger partial charge in [0.25, 0.3) is 0 Å². The molecule has 0 bridgehead atoms. The van der Waals surface area contributed by atoms with Gasteiger partial charge in [0.15, 0.2) is 0 Å². The van der Waals surface area contributed by atoms with Crippen molar-refractivity contribution < 1.29 is 28.6 Å². The number of carbonyl (C=O) groups excluding carboxylic acids is 3. The summed E-state index contributed by atoms with van der Waals surface area (Å²) in [5.74, 6) is 3.23. The maximum Gasteiger partial charge on any atom is 0.311 e. The summed E-state index contributed by atoms with van der Waals surface area (Å²) in [7, 11) is 0. The van der Waals surface area contributed by atoms with Gasteiger partial charge in [-0.3, -0.25) is 14.4 Å². The molecule has 0 radical (unpaired) electrons. The van der Waals surface area contributed by atoms with Crippen LogP contribution in [-0.4, -0.2) is 29.9 Å². The van der Waals surface area contributed by atoms with E-state index in [9.17, 15) is 14.4 Å². The predicted molar refractivity (Wildman–Crippen MR) is 240 cm³/mol. The van der Waals surface area contributed by atoms with E-state index in [0.29, 0.717) is 12.2 Å². The van der Waals surface area contributed by atoms with Crippen LogP contribution in [0.5, 0.6) is 11.5 Å². The molecule has 6 nitrogen and oxygen atoms in total. The Labute approximate surface area is 353 Å². The summed E-state index contributed by atoms with van der Waals surface area (Å²) in [5.41, 5.74) is 6.06. The van der Waals surface area contributed by atoms with Gasteiger partial charge in [-0.15, -0.1) is 0 Å². The first-order valence-corrected chi connectivity index (χ1v) is 22.5. The van der Waals surface area contributed by atoms with Crippen molar-refractivity contribution in [3.63, 3.8) is 0 Å². The van der Waals surface area contributed by atoms with E-state index in [1.54, 1.807) is 0 Å². The minimum absolute atomic E-state index is 0.0447. The van der Waals surface area contributed by atoms with Gasteiger partial charge in [-0.2, -0.15) is 0 Å². The zero-order valence-corrected chi connectivity index (χ0v) is 38.3. The standard InChI is InChI=1S/C52H78O6/c1-37(2)17-12-18-38(3)19-13-20-39(4)23-16-31-52(11)33-28-44-36-45(35-42(7)50(44)58-52)56-48(54)24-15-25-49(55)57-47-29-32-51(9,10)46(43(47)8)27-26-40(5)21-14-22-41(6)30-34-53/h14,21-22,26-27,30,34-39,47H,12-13,15-20,23-25,28-29,31-33H2,1-11H3/b22-14+,27-26+,40-21+,41-30+/t38-,39-,47?,52-/m1/s1. The fourth-order valence-electron chi connectivity index (χ4n) is 8.49. The van der Waals surface area contributed by atoms with E-state index in [4.69, 9.17) is 14.2 Å². The molecule has 0 saturated heterocycles. The molecule has 0 amide bonds. The number of carbonyl (C=O) groups is 3. The average Bonchev–Trinajstić information content (AvgIpc) is 3.13. The van der Waals surface area contributed by atoms with E-state index < -0.39 is 0 Å². The van der Waals surface area contributed by atoms with Gasteiger partial charge in [-0.1, -0.05) is 122 Å². The second kappa shape index (κ2) is 23.8. The van der Waals surface area contributed by atoms with E-state index in [1.165, 1.54) is 63.0 Å². The highest BCUT2D eigenvalue weighted by Crippen LogP contribution is 2.43. The highest BCUT2D eigenvalue weighted by atomic mass is 16.5. The molecular weight excluding hydrogens is 721 g/mol. The van der Waals surface area contributed by atoms with Crippen LogP contribution in [0.15, 0.2) is 70.9 Å². The molecule has 1 aliphatic carbocycles. The Hall–Kier alpha value is -3.67. The SMILES string of the molecule is CC1=C(/C=C/C(C)=C/C=C/C(C)=C/C=O)C(C)(C)CCC1OC(=O)CCCC(=O)Oc1cc(C)c2c(c1)CC[C@@](C)(CCC[C@H](C)CCC[C@H](C)CCCC(C)C)O2. The van der Waals surface area contributed by atoms with E-state index in [1.807, 2.05) is 51.1 Å². The number of aryl methyl sites for hydroxylation is 2. The topological polar surface area (TPSA) is 78.9 Å². The van der Waals surface area contributed by atoms with E-state index in [-0.39, 0.29) is 41.9 Å². The molecule has 0 saturated carbocycles. The normalized spacial score (nSPS) is 20.9. The van der Waals surface area contributed by atoms with Gasteiger partial charge in [-0.25, -0.2) is 0 Å². The van der Waals surface area contributed by atoms with Crippen LogP contribution in [0.2, 0.25) is 0 Å². The van der Waals surface area contributed by atoms with Crippen molar-refractivity contribution in [2.45, 2.75) is 191 Å². The van der Waals surface area contributed by atoms with Gasteiger partial charge in [-0.05, 0) is 149 Å².